The first kappa shape index (κ1) is 33.2. The molecule has 0 radical (unpaired) electrons. The molecule has 0 saturated carbocycles. The van der Waals surface area contributed by atoms with E-state index in [0.717, 1.165) is 26.2 Å². The van der Waals surface area contributed by atoms with E-state index < -0.39 is 15.6 Å². The van der Waals surface area contributed by atoms with Gasteiger partial charge in [0.05, 0.1) is 0 Å². The zero-order valence-electron chi connectivity index (χ0n) is 19.4. The summed E-state index contributed by atoms with van der Waals surface area (Å²) < 4.78 is 127. The van der Waals surface area contributed by atoms with Crippen molar-refractivity contribution in [2.45, 2.75) is 26.2 Å². The standard InChI is InChI=1S/C20H24N4.2F6P/c1-3-8-21-10-12-23(17-21)15-19-6-5-7-20(14-19)16-24-13-11-22(18-24)9-4-2;2*1-7(2,3,4,5)6/h3-7,10-14,17-18H,1-2,8-9,15-16H2;;/q+2;2*-1. The number of allylic oxidation sites excluding steroid dienone is 2. The SMILES string of the molecule is C=CCn1cc[n+](Cc2cccc(C[n+]3ccn(CC=C)c3)c2)c1.F[P-](F)(F)(F)(F)F.F[P-](F)(F)(F)(F)F. The molecule has 218 valence electrons. The summed E-state index contributed by atoms with van der Waals surface area (Å²) in [5.74, 6) is 0. The van der Waals surface area contributed by atoms with Crippen molar-refractivity contribution in [3.05, 3.63) is 98.1 Å². The fourth-order valence-corrected chi connectivity index (χ4v) is 2.83. The number of halogens is 12. The van der Waals surface area contributed by atoms with Crippen molar-refractivity contribution in [1.82, 2.24) is 9.13 Å². The Hall–Kier alpha value is -2.86. The maximum atomic E-state index is 9.87. The van der Waals surface area contributed by atoms with E-state index >= 15 is 0 Å². The van der Waals surface area contributed by atoms with Gasteiger partial charge in [-0.1, -0.05) is 43.5 Å². The molecule has 3 rings (SSSR count). The first-order valence-corrected chi connectivity index (χ1v) is 14.2. The van der Waals surface area contributed by atoms with Gasteiger partial charge in [0.15, 0.2) is 0 Å². The number of imidazole rings is 2. The molecule has 38 heavy (non-hydrogen) atoms. The second kappa shape index (κ2) is 10.0. The average molecular weight is 610 g/mol. The number of benzene rings is 1. The van der Waals surface area contributed by atoms with Crippen LogP contribution in [0, 0.1) is 0 Å². The molecule has 0 unspecified atom stereocenters. The molecule has 0 saturated heterocycles. The van der Waals surface area contributed by atoms with Crippen LogP contribution in [0.5, 0.6) is 0 Å². The van der Waals surface area contributed by atoms with Crippen LogP contribution in [0.1, 0.15) is 11.1 Å². The summed E-state index contributed by atoms with van der Waals surface area (Å²) >= 11 is 0. The molecule has 18 heteroatoms. The molecule has 0 spiro atoms. The minimum absolute atomic E-state index is 0.839. The Balaban J connectivity index is 0.000000426. The third-order valence-electron chi connectivity index (χ3n) is 3.89. The molecule has 0 aliphatic rings. The van der Waals surface area contributed by atoms with Crippen LogP contribution in [0.4, 0.5) is 50.4 Å². The zero-order chi connectivity index (χ0) is 29.6. The molecule has 3 aromatic rings. The van der Waals surface area contributed by atoms with Crippen LogP contribution in [0.25, 0.3) is 0 Å². The topological polar surface area (TPSA) is 17.6 Å². The third-order valence-corrected chi connectivity index (χ3v) is 3.89. The Kier molecular flexibility index (Phi) is 8.76. The van der Waals surface area contributed by atoms with Crippen LogP contribution < -0.4 is 9.13 Å². The van der Waals surface area contributed by atoms with Gasteiger partial charge in [-0.05, 0) is 17.2 Å². The van der Waals surface area contributed by atoms with E-state index in [4.69, 9.17) is 0 Å². The fraction of sp³-hybridized carbons (Fsp3) is 0.200. The average Bonchev–Trinajstić information content (AvgIpc) is 3.27. The summed E-state index contributed by atoms with van der Waals surface area (Å²) in [6, 6.07) is 8.76. The summed E-state index contributed by atoms with van der Waals surface area (Å²) in [6.45, 7) is 11.0. The van der Waals surface area contributed by atoms with Gasteiger partial charge in [-0.15, -0.1) is 0 Å². The molecular formula is C20H24F12N4P2. The van der Waals surface area contributed by atoms with Crippen LogP contribution in [0.3, 0.4) is 0 Å². The predicted octanol–water partition coefficient (Wildman–Crippen LogP) is 9.10. The first-order valence-electron chi connectivity index (χ1n) is 10.2. The summed E-state index contributed by atoms with van der Waals surface area (Å²) in [6.07, 6.45) is 16.4. The fourth-order valence-electron chi connectivity index (χ4n) is 2.83. The van der Waals surface area contributed by atoms with E-state index in [1.54, 1.807) is 0 Å². The molecule has 4 nitrogen and oxygen atoms in total. The van der Waals surface area contributed by atoms with Crippen molar-refractivity contribution in [2.75, 3.05) is 0 Å². The summed E-state index contributed by atoms with van der Waals surface area (Å²) in [4.78, 5) is 0. The van der Waals surface area contributed by atoms with Gasteiger partial charge in [0.2, 0.25) is 12.7 Å². The van der Waals surface area contributed by atoms with Crippen LogP contribution in [-0.4, -0.2) is 9.13 Å². The van der Waals surface area contributed by atoms with Gasteiger partial charge >= 0.3 is 66.0 Å². The Morgan fingerprint density at radius 3 is 1.24 bits per heavy atom. The van der Waals surface area contributed by atoms with Gasteiger partial charge < -0.3 is 0 Å². The quantitative estimate of drug-likeness (QED) is 0.105. The van der Waals surface area contributed by atoms with Gasteiger partial charge in [0, 0.05) is 0 Å². The molecule has 0 amide bonds. The van der Waals surface area contributed by atoms with Crippen molar-refractivity contribution < 1.29 is 59.5 Å². The molecule has 0 bridgehead atoms. The molecule has 0 atom stereocenters. The van der Waals surface area contributed by atoms with Gasteiger partial charge in [0.25, 0.3) is 0 Å². The summed E-state index contributed by atoms with van der Waals surface area (Å²) in [7, 11) is -21.3. The first-order chi connectivity index (χ1) is 16.7. The van der Waals surface area contributed by atoms with E-state index in [9.17, 15) is 50.4 Å². The van der Waals surface area contributed by atoms with Crippen molar-refractivity contribution in [2.24, 2.45) is 0 Å². The second-order valence-electron chi connectivity index (χ2n) is 7.88. The van der Waals surface area contributed by atoms with E-state index in [2.05, 4.69) is 93.1 Å². The Labute approximate surface area is 209 Å². The summed E-state index contributed by atoms with van der Waals surface area (Å²) in [5.41, 5.74) is 2.61. The van der Waals surface area contributed by atoms with Crippen LogP contribution in [0.2, 0.25) is 0 Å². The normalized spacial score (nSPS) is 15.3. The van der Waals surface area contributed by atoms with Crippen LogP contribution in [0.15, 0.2) is 87.0 Å². The minimum atomic E-state index is -10.7. The Morgan fingerprint density at radius 1 is 0.632 bits per heavy atom. The number of rotatable bonds is 8. The van der Waals surface area contributed by atoms with E-state index in [0.29, 0.717) is 0 Å². The molecule has 2 heterocycles. The monoisotopic (exact) mass is 610 g/mol. The van der Waals surface area contributed by atoms with E-state index in [1.165, 1.54) is 11.1 Å². The molecule has 0 fully saturated rings. The van der Waals surface area contributed by atoms with E-state index in [-0.39, 0.29) is 0 Å². The van der Waals surface area contributed by atoms with Crippen molar-refractivity contribution in [3.8, 4) is 0 Å². The number of hydrogen-bond donors (Lipinski definition) is 0. The number of nitrogens with zero attached hydrogens (tertiary/aromatic N) is 4. The zero-order valence-corrected chi connectivity index (χ0v) is 21.2. The Bertz CT molecular complexity index is 1130. The van der Waals surface area contributed by atoms with Gasteiger partial charge in [-0.2, -0.15) is 0 Å². The van der Waals surface area contributed by atoms with Crippen molar-refractivity contribution >= 4 is 15.6 Å². The molecule has 2 aromatic heterocycles. The summed E-state index contributed by atoms with van der Waals surface area (Å²) in [5, 5.41) is 0. The van der Waals surface area contributed by atoms with Gasteiger partial charge in [-0.25, -0.2) is 18.3 Å². The van der Waals surface area contributed by atoms with Gasteiger partial charge in [-0.3, -0.25) is 0 Å². The molecular weight excluding hydrogens is 586 g/mol. The molecule has 0 aliphatic carbocycles. The number of hydrogen-bond acceptors (Lipinski definition) is 0. The van der Waals surface area contributed by atoms with E-state index in [1.807, 2.05) is 12.2 Å². The predicted molar refractivity (Wildman–Crippen MR) is 121 cm³/mol. The van der Waals surface area contributed by atoms with Crippen molar-refractivity contribution in [1.29, 1.82) is 0 Å². The van der Waals surface area contributed by atoms with Gasteiger partial charge in [0.1, 0.15) is 51.0 Å². The van der Waals surface area contributed by atoms with Crippen LogP contribution in [-0.2, 0) is 26.2 Å². The molecule has 1 aromatic carbocycles. The van der Waals surface area contributed by atoms with Crippen molar-refractivity contribution in [3.63, 3.8) is 0 Å². The second-order valence-corrected chi connectivity index (χ2v) is 11.7. The Morgan fingerprint density at radius 2 is 0.947 bits per heavy atom. The molecule has 0 aliphatic heterocycles. The third kappa shape index (κ3) is 22.3. The number of aromatic nitrogens is 4. The molecule has 0 N–H and O–H groups in total. The maximum absolute atomic E-state index is 10.7. The van der Waals surface area contributed by atoms with Crippen LogP contribution >= 0.6 is 15.6 Å².